The van der Waals surface area contributed by atoms with Crippen molar-refractivity contribution in [2.24, 2.45) is 5.92 Å². The highest BCUT2D eigenvalue weighted by atomic mass is 16.5. The van der Waals surface area contributed by atoms with Crippen LogP contribution in [0.15, 0.2) is 30.9 Å². The first-order chi connectivity index (χ1) is 10.8. The number of hydrogen-bond donors (Lipinski definition) is 0. The average molecular weight is 297 g/mol. The second-order valence-electron chi connectivity index (χ2n) is 7.34. The van der Waals surface area contributed by atoms with E-state index in [9.17, 15) is 0 Å². The Balaban J connectivity index is 1.82. The number of methoxy groups -OCH3 is 1. The molecule has 0 amide bonds. The first kappa shape index (κ1) is 14.3. The lowest BCUT2D eigenvalue weighted by Crippen LogP contribution is -2.60. The van der Waals surface area contributed by atoms with Crippen LogP contribution in [0.5, 0.6) is 5.75 Å². The zero-order valence-corrected chi connectivity index (χ0v) is 13.7. The van der Waals surface area contributed by atoms with E-state index in [2.05, 4.69) is 35.8 Å². The summed E-state index contributed by atoms with van der Waals surface area (Å²) in [5.41, 5.74) is 3.60. The van der Waals surface area contributed by atoms with Gasteiger partial charge in [-0.05, 0) is 61.4 Å². The highest BCUT2D eigenvalue weighted by Gasteiger charge is 2.53. The minimum atomic E-state index is 0.419. The van der Waals surface area contributed by atoms with Gasteiger partial charge in [0, 0.05) is 18.0 Å². The predicted octanol–water partition coefficient (Wildman–Crippen LogP) is 3.94. The van der Waals surface area contributed by atoms with Crippen LogP contribution in [-0.2, 0) is 11.8 Å². The zero-order valence-electron chi connectivity index (χ0n) is 13.7. The fourth-order valence-corrected chi connectivity index (χ4v) is 5.58. The minimum Gasteiger partial charge on any atom is -0.497 e. The molecule has 0 aromatic heterocycles. The fraction of sp³-hybridized carbons (Fsp3) is 0.600. The van der Waals surface area contributed by atoms with Crippen molar-refractivity contribution < 1.29 is 4.74 Å². The topological polar surface area (TPSA) is 12.5 Å². The molecule has 118 valence electrons. The van der Waals surface area contributed by atoms with E-state index >= 15 is 0 Å². The molecule has 3 atom stereocenters. The van der Waals surface area contributed by atoms with Gasteiger partial charge in [0.25, 0.3) is 0 Å². The molecule has 1 aromatic carbocycles. The molecule has 2 aliphatic carbocycles. The molecule has 2 fully saturated rings. The van der Waals surface area contributed by atoms with Crippen molar-refractivity contribution in [3.63, 3.8) is 0 Å². The van der Waals surface area contributed by atoms with Gasteiger partial charge in [0.15, 0.2) is 0 Å². The van der Waals surface area contributed by atoms with Crippen molar-refractivity contribution in [3.8, 4) is 5.75 Å². The Bertz CT molecular complexity index is 581. The van der Waals surface area contributed by atoms with Crippen LogP contribution in [0, 0.1) is 5.92 Å². The third-order valence-corrected chi connectivity index (χ3v) is 6.52. The Hall–Kier alpha value is -1.28. The van der Waals surface area contributed by atoms with Gasteiger partial charge in [-0.15, -0.1) is 6.58 Å². The van der Waals surface area contributed by atoms with E-state index in [0.717, 1.165) is 18.2 Å². The summed E-state index contributed by atoms with van der Waals surface area (Å²) in [5.74, 6) is 1.86. The van der Waals surface area contributed by atoms with Crippen LogP contribution in [0.4, 0.5) is 0 Å². The van der Waals surface area contributed by atoms with Crippen LogP contribution in [-0.4, -0.2) is 31.1 Å². The Labute approximate surface area is 134 Å². The summed E-state index contributed by atoms with van der Waals surface area (Å²) in [4.78, 5) is 2.69. The van der Waals surface area contributed by atoms with Crippen molar-refractivity contribution in [3.05, 3.63) is 42.0 Å². The SMILES string of the molecule is C=CCN1CC[C@@]23CCCC[C@H]2[C@@H]1Cc1ccc(OC)cc13. The third kappa shape index (κ3) is 1.96. The summed E-state index contributed by atoms with van der Waals surface area (Å²) in [5, 5.41) is 0. The highest BCUT2D eigenvalue weighted by Crippen LogP contribution is 2.56. The summed E-state index contributed by atoms with van der Waals surface area (Å²) in [6.07, 6.45) is 10.2. The third-order valence-electron chi connectivity index (χ3n) is 6.52. The van der Waals surface area contributed by atoms with E-state index in [-0.39, 0.29) is 0 Å². The van der Waals surface area contributed by atoms with E-state index in [4.69, 9.17) is 4.74 Å². The molecule has 1 saturated heterocycles. The number of benzene rings is 1. The summed E-state index contributed by atoms with van der Waals surface area (Å²) < 4.78 is 5.53. The molecular formula is C20H27NO. The molecule has 0 N–H and O–H groups in total. The Morgan fingerprint density at radius 1 is 1.36 bits per heavy atom. The molecule has 2 nitrogen and oxygen atoms in total. The number of hydrogen-bond acceptors (Lipinski definition) is 2. The van der Waals surface area contributed by atoms with E-state index in [1.165, 1.54) is 45.1 Å². The monoisotopic (exact) mass is 297 g/mol. The molecular weight excluding hydrogens is 270 g/mol. The average Bonchev–Trinajstić information content (AvgIpc) is 2.57. The molecule has 1 saturated carbocycles. The summed E-state index contributed by atoms with van der Waals surface area (Å²) in [6.45, 7) is 6.24. The number of likely N-dealkylation sites (tertiary alicyclic amines) is 1. The quantitative estimate of drug-likeness (QED) is 0.784. The summed E-state index contributed by atoms with van der Waals surface area (Å²) in [6, 6.07) is 7.54. The van der Waals surface area contributed by atoms with E-state index < -0.39 is 0 Å². The molecule has 22 heavy (non-hydrogen) atoms. The number of ether oxygens (including phenoxy) is 1. The second-order valence-corrected chi connectivity index (χ2v) is 7.34. The Kier molecular flexibility index (Phi) is 3.53. The summed E-state index contributed by atoms with van der Waals surface area (Å²) >= 11 is 0. The maximum absolute atomic E-state index is 5.53. The molecule has 0 spiro atoms. The smallest absolute Gasteiger partial charge is 0.119 e. The molecule has 1 aliphatic heterocycles. The van der Waals surface area contributed by atoms with Gasteiger partial charge < -0.3 is 4.74 Å². The highest BCUT2D eigenvalue weighted by molar-refractivity contribution is 5.45. The van der Waals surface area contributed by atoms with Crippen LogP contribution in [0.25, 0.3) is 0 Å². The molecule has 2 heteroatoms. The lowest BCUT2D eigenvalue weighted by atomic mass is 9.52. The van der Waals surface area contributed by atoms with Crippen molar-refractivity contribution in [1.29, 1.82) is 0 Å². The molecule has 2 bridgehead atoms. The minimum absolute atomic E-state index is 0.419. The van der Waals surface area contributed by atoms with Crippen LogP contribution >= 0.6 is 0 Å². The van der Waals surface area contributed by atoms with Gasteiger partial charge in [-0.2, -0.15) is 0 Å². The number of piperidine rings is 1. The molecule has 4 rings (SSSR count). The van der Waals surface area contributed by atoms with Gasteiger partial charge >= 0.3 is 0 Å². The largest absolute Gasteiger partial charge is 0.497 e. The van der Waals surface area contributed by atoms with E-state index in [0.29, 0.717) is 11.5 Å². The fourth-order valence-electron chi connectivity index (χ4n) is 5.58. The lowest BCUT2D eigenvalue weighted by Gasteiger charge is -2.59. The van der Waals surface area contributed by atoms with Crippen LogP contribution in [0.1, 0.15) is 43.2 Å². The van der Waals surface area contributed by atoms with Crippen molar-refractivity contribution in [1.82, 2.24) is 4.90 Å². The number of rotatable bonds is 3. The molecule has 0 unspecified atom stereocenters. The van der Waals surface area contributed by atoms with Gasteiger partial charge in [-0.3, -0.25) is 4.90 Å². The van der Waals surface area contributed by atoms with Gasteiger partial charge in [0.1, 0.15) is 5.75 Å². The van der Waals surface area contributed by atoms with Crippen LogP contribution in [0.3, 0.4) is 0 Å². The van der Waals surface area contributed by atoms with Gasteiger partial charge in [0.05, 0.1) is 7.11 Å². The maximum atomic E-state index is 5.53. The van der Waals surface area contributed by atoms with Crippen LogP contribution in [0.2, 0.25) is 0 Å². The summed E-state index contributed by atoms with van der Waals surface area (Å²) in [7, 11) is 1.79. The van der Waals surface area contributed by atoms with Gasteiger partial charge in [0.2, 0.25) is 0 Å². The first-order valence-electron chi connectivity index (χ1n) is 8.81. The standard InChI is InChI=1S/C20H27NO/c1-3-11-21-12-10-20-9-5-4-6-17(20)19(21)13-15-7-8-16(22-2)14-18(15)20/h3,7-8,14,17,19H,1,4-6,9-13H2,2H3/t17-,19-,20-/m0/s1. The predicted molar refractivity (Wildman–Crippen MR) is 90.5 cm³/mol. The van der Waals surface area contributed by atoms with Gasteiger partial charge in [-0.1, -0.05) is 25.0 Å². The van der Waals surface area contributed by atoms with Crippen molar-refractivity contribution >= 4 is 0 Å². The van der Waals surface area contributed by atoms with E-state index in [1.54, 1.807) is 18.2 Å². The van der Waals surface area contributed by atoms with Gasteiger partial charge in [-0.25, -0.2) is 0 Å². The second kappa shape index (κ2) is 5.42. The Morgan fingerprint density at radius 2 is 2.27 bits per heavy atom. The van der Waals surface area contributed by atoms with Crippen molar-refractivity contribution in [2.75, 3.05) is 20.2 Å². The maximum Gasteiger partial charge on any atom is 0.119 e. The van der Waals surface area contributed by atoms with Crippen LogP contribution < -0.4 is 4.74 Å². The molecule has 1 aromatic rings. The van der Waals surface area contributed by atoms with Crippen molar-refractivity contribution in [2.45, 2.75) is 50.0 Å². The lowest BCUT2D eigenvalue weighted by molar-refractivity contribution is -0.00517. The Morgan fingerprint density at radius 3 is 3.09 bits per heavy atom. The van der Waals surface area contributed by atoms with E-state index in [1.807, 2.05) is 0 Å². The number of nitrogens with zero attached hydrogens (tertiary/aromatic N) is 1. The zero-order chi connectivity index (χ0) is 15.2. The molecule has 3 aliphatic rings. The first-order valence-corrected chi connectivity index (χ1v) is 8.81. The number of fused-ring (bicyclic) bond motifs is 1. The normalized spacial score (nSPS) is 33.7. The molecule has 0 radical (unpaired) electrons. The molecule has 1 heterocycles.